The monoisotopic (exact) mass is 528 g/mol. The molecule has 4 rings (SSSR count). The minimum atomic E-state index is -4.39. The zero-order valence-corrected chi connectivity index (χ0v) is 21.1. The number of rotatable bonds is 11. The Labute approximate surface area is 219 Å². The molecule has 0 aliphatic heterocycles. The molecule has 0 bridgehead atoms. The Morgan fingerprint density at radius 1 is 0.658 bits per heavy atom. The Kier molecular flexibility index (Phi) is 8.87. The van der Waals surface area contributed by atoms with Crippen LogP contribution in [0.25, 0.3) is 10.8 Å². The minimum Gasteiger partial charge on any atom is -0.494 e. The molecule has 0 aliphatic rings. The fourth-order valence-electron chi connectivity index (χ4n) is 4.25. The normalized spacial score (nSPS) is 11.6. The van der Waals surface area contributed by atoms with E-state index in [2.05, 4.69) is 0 Å². The number of fused-ring (bicyclic) bond motifs is 1. The van der Waals surface area contributed by atoms with Crippen LogP contribution in [0.15, 0.2) is 72.8 Å². The van der Waals surface area contributed by atoms with Crippen LogP contribution in [0.4, 0.5) is 22.0 Å². The maximum atomic E-state index is 15.2. The third-order valence-corrected chi connectivity index (χ3v) is 6.29. The van der Waals surface area contributed by atoms with Gasteiger partial charge in [0, 0.05) is 11.5 Å². The van der Waals surface area contributed by atoms with Crippen molar-refractivity contribution >= 4 is 10.8 Å². The molecular weight excluding hydrogens is 499 g/mol. The van der Waals surface area contributed by atoms with Crippen molar-refractivity contribution in [3.05, 3.63) is 107 Å². The third-order valence-electron chi connectivity index (χ3n) is 6.29. The molecule has 0 N–H and O–H groups in total. The second-order valence-electron chi connectivity index (χ2n) is 9.24. The molecule has 0 fully saturated rings. The average Bonchev–Trinajstić information content (AvgIpc) is 2.90. The highest BCUT2D eigenvalue weighted by molar-refractivity contribution is 5.84. The van der Waals surface area contributed by atoms with E-state index in [0.717, 1.165) is 22.9 Å². The Balaban J connectivity index is 1.36. The van der Waals surface area contributed by atoms with Crippen molar-refractivity contribution < 1.29 is 31.4 Å². The van der Waals surface area contributed by atoms with E-state index < -0.39 is 12.8 Å². The van der Waals surface area contributed by atoms with Crippen molar-refractivity contribution in [1.82, 2.24) is 0 Å². The number of alkyl halides is 3. The van der Waals surface area contributed by atoms with Crippen LogP contribution in [0.2, 0.25) is 0 Å². The van der Waals surface area contributed by atoms with Crippen LogP contribution in [0.3, 0.4) is 0 Å². The quantitative estimate of drug-likeness (QED) is 0.182. The van der Waals surface area contributed by atoms with E-state index in [1.54, 1.807) is 36.4 Å². The largest absolute Gasteiger partial charge is 0.494 e. The molecule has 0 aliphatic carbocycles. The first kappa shape index (κ1) is 27.4. The first-order valence-electron chi connectivity index (χ1n) is 12.6. The van der Waals surface area contributed by atoms with E-state index in [9.17, 15) is 17.6 Å². The molecule has 38 heavy (non-hydrogen) atoms. The predicted octanol–water partition coefficient (Wildman–Crippen LogP) is 8.42. The Hall–Kier alpha value is -3.61. The van der Waals surface area contributed by atoms with Gasteiger partial charge >= 0.3 is 6.18 Å². The van der Waals surface area contributed by atoms with Gasteiger partial charge in [-0.15, -0.1) is 0 Å². The van der Waals surface area contributed by atoms with Crippen LogP contribution in [0.1, 0.15) is 35.6 Å². The molecule has 4 aromatic carbocycles. The lowest BCUT2D eigenvalue weighted by Gasteiger charge is -2.11. The fourth-order valence-corrected chi connectivity index (χ4v) is 4.25. The third kappa shape index (κ3) is 7.46. The lowest BCUT2D eigenvalue weighted by atomic mass is 9.97. The van der Waals surface area contributed by atoms with Crippen LogP contribution in [0.5, 0.6) is 11.5 Å². The molecule has 0 aromatic heterocycles. The van der Waals surface area contributed by atoms with Gasteiger partial charge in [0.25, 0.3) is 0 Å². The van der Waals surface area contributed by atoms with Crippen molar-refractivity contribution in [2.24, 2.45) is 0 Å². The molecule has 0 spiro atoms. The highest BCUT2D eigenvalue weighted by Gasteiger charge is 2.28. The molecule has 2 nitrogen and oxygen atoms in total. The fraction of sp³-hybridized carbons (Fsp3) is 0.290. The molecule has 200 valence electrons. The van der Waals surface area contributed by atoms with Gasteiger partial charge < -0.3 is 9.47 Å². The molecule has 0 unspecified atom stereocenters. The van der Waals surface area contributed by atoms with Gasteiger partial charge in [-0.25, -0.2) is 8.78 Å². The Bertz CT molecular complexity index is 1360. The number of hydrogen-bond acceptors (Lipinski definition) is 2. The number of benzene rings is 4. The summed E-state index contributed by atoms with van der Waals surface area (Å²) in [6, 6.07) is 20.5. The summed E-state index contributed by atoms with van der Waals surface area (Å²) in [5.41, 5.74) is 3.03. The first-order chi connectivity index (χ1) is 18.2. The molecule has 0 saturated carbocycles. The maximum absolute atomic E-state index is 15.2. The topological polar surface area (TPSA) is 18.5 Å². The SMILES string of the molecule is CCCOc1ccc(CCc2ccc3c(F)c(CCc4ccc(OCC(F)(F)F)cc4)ccc3c2)c(F)c1. The van der Waals surface area contributed by atoms with Gasteiger partial charge in [0.05, 0.1) is 6.61 Å². The summed E-state index contributed by atoms with van der Waals surface area (Å²) in [6.45, 7) is 1.20. The van der Waals surface area contributed by atoms with Crippen LogP contribution in [-0.2, 0) is 25.7 Å². The maximum Gasteiger partial charge on any atom is 0.422 e. The second kappa shape index (κ2) is 12.3. The predicted molar refractivity (Wildman–Crippen MR) is 139 cm³/mol. The molecular formula is C31H29F5O2. The van der Waals surface area contributed by atoms with Crippen molar-refractivity contribution in [2.75, 3.05) is 13.2 Å². The highest BCUT2D eigenvalue weighted by Crippen LogP contribution is 2.26. The summed E-state index contributed by atoms with van der Waals surface area (Å²) in [6.07, 6.45) is -1.41. The molecule has 0 radical (unpaired) electrons. The number of ether oxygens (including phenoxy) is 2. The lowest BCUT2D eigenvalue weighted by Crippen LogP contribution is -2.19. The molecule has 7 heteroatoms. The van der Waals surface area contributed by atoms with Gasteiger partial charge in [-0.2, -0.15) is 13.2 Å². The van der Waals surface area contributed by atoms with Gasteiger partial charge in [0.1, 0.15) is 23.1 Å². The first-order valence-corrected chi connectivity index (χ1v) is 12.6. The Morgan fingerprint density at radius 2 is 1.32 bits per heavy atom. The van der Waals surface area contributed by atoms with Gasteiger partial charge in [-0.1, -0.05) is 55.5 Å². The summed E-state index contributed by atoms with van der Waals surface area (Å²) in [5.74, 6) is 0.0861. The van der Waals surface area contributed by atoms with E-state index in [4.69, 9.17) is 9.47 Å². The average molecular weight is 529 g/mol. The molecule has 0 atom stereocenters. The van der Waals surface area contributed by atoms with Gasteiger partial charge in [0.2, 0.25) is 0 Å². The van der Waals surface area contributed by atoms with Crippen molar-refractivity contribution in [1.29, 1.82) is 0 Å². The van der Waals surface area contributed by atoms with Gasteiger partial charge in [0.15, 0.2) is 6.61 Å². The van der Waals surface area contributed by atoms with Crippen molar-refractivity contribution in [3.8, 4) is 11.5 Å². The van der Waals surface area contributed by atoms with E-state index in [1.807, 2.05) is 25.1 Å². The summed E-state index contributed by atoms with van der Waals surface area (Å²) < 4.78 is 76.7. The minimum absolute atomic E-state index is 0.138. The van der Waals surface area contributed by atoms with Crippen LogP contribution >= 0.6 is 0 Å². The molecule has 4 aromatic rings. The Morgan fingerprint density at radius 3 is 2.03 bits per heavy atom. The van der Waals surface area contributed by atoms with Gasteiger partial charge in [-0.3, -0.25) is 0 Å². The summed E-state index contributed by atoms with van der Waals surface area (Å²) in [5, 5.41) is 1.30. The van der Waals surface area contributed by atoms with Crippen LogP contribution in [0, 0.1) is 11.6 Å². The zero-order chi connectivity index (χ0) is 27.1. The number of halogens is 5. The lowest BCUT2D eigenvalue weighted by molar-refractivity contribution is -0.153. The zero-order valence-electron chi connectivity index (χ0n) is 21.1. The van der Waals surface area contributed by atoms with Crippen molar-refractivity contribution in [3.63, 3.8) is 0 Å². The van der Waals surface area contributed by atoms with E-state index in [0.29, 0.717) is 54.6 Å². The summed E-state index contributed by atoms with van der Waals surface area (Å²) >= 11 is 0. The standard InChI is InChI=1S/C31H29F5O2/c1-2-17-37-27-15-12-23(29(32)19-27)8-4-22-7-16-28-25(18-22)11-10-24(30(28)33)9-3-21-5-13-26(14-6-21)38-20-31(34,35)36/h5-7,10-16,18-19H,2-4,8-9,17,20H2,1H3. The van der Waals surface area contributed by atoms with E-state index in [-0.39, 0.29) is 17.4 Å². The summed E-state index contributed by atoms with van der Waals surface area (Å²) in [4.78, 5) is 0. The number of aryl methyl sites for hydroxylation is 4. The van der Waals surface area contributed by atoms with Crippen LogP contribution < -0.4 is 9.47 Å². The number of hydrogen-bond donors (Lipinski definition) is 0. The van der Waals surface area contributed by atoms with Crippen LogP contribution in [-0.4, -0.2) is 19.4 Å². The van der Waals surface area contributed by atoms with E-state index >= 15 is 4.39 Å². The smallest absolute Gasteiger partial charge is 0.422 e. The van der Waals surface area contributed by atoms with Gasteiger partial charge in [-0.05, 0) is 77.9 Å². The molecule has 0 amide bonds. The summed E-state index contributed by atoms with van der Waals surface area (Å²) in [7, 11) is 0. The molecule has 0 saturated heterocycles. The highest BCUT2D eigenvalue weighted by atomic mass is 19.4. The molecule has 0 heterocycles. The second-order valence-corrected chi connectivity index (χ2v) is 9.24. The van der Waals surface area contributed by atoms with E-state index in [1.165, 1.54) is 18.2 Å². The van der Waals surface area contributed by atoms with Crippen molar-refractivity contribution in [2.45, 2.75) is 45.2 Å².